The fourth-order valence-electron chi connectivity index (χ4n) is 3.64. The van der Waals surface area contributed by atoms with E-state index in [-0.39, 0.29) is 28.6 Å². The zero-order valence-corrected chi connectivity index (χ0v) is 19.3. The van der Waals surface area contributed by atoms with Crippen molar-refractivity contribution in [3.05, 3.63) is 82.9 Å². The number of hydrogen-bond donors (Lipinski definition) is 3. The van der Waals surface area contributed by atoms with Crippen LogP contribution in [0.25, 0.3) is 10.8 Å². The topological polar surface area (TPSA) is 77.2 Å². The van der Waals surface area contributed by atoms with Crippen molar-refractivity contribution in [2.75, 3.05) is 5.32 Å². The molecule has 6 heteroatoms. The van der Waals surface area contributed by atoms with Crippen molar-refractivity contribution in [3.63, 3.8) is 0 Å². The van der Waals surface area contributed by atoms with Crippen LogP contribution in [0.15, 0.2) is 70.9 Å². The van der Waals surface area contributed by atoms with Gasteiger partial charge in [0.25, 0.3) is 0 Å². The van der Waals surface area contributed by atoms with Gasteiger partial charge in [0.1, 0.15) is 17.1 Å². The van der Waals surface area contributed by atoms with Gasteiger partial charge in [0.15, 0.2) is 5.75 Å². The Balaban J connectivity index is 0.00000289. The number of phenols is 2. The molecule has 32 heavy (non-hydrogen) atoms. The summed E-state index contributed by atoms with van der Waals surface area (Å²) in [5.41, 5.74) is 6.44. The first-order chi connectivity index (χ1) is 14.8. The third-order valence-electron chi connectivity index (χ3n) is 5.30. The predicted molar refractivity (Wildman–Crippen MR) is 127 cm³/mol. The molecule has 4 aromatic rings. The number of benzene rings is 4. The summed E-state index contributed by atoms with van der Waals surface area (Å²) in [5.74, 6) is 0.170. The Hall–Kier alpha value is -3.34. The van der Waals surface area contributed by atoms with E-state index in [9.17, 15) is 10.2 Å². The molecule has 0 aliphatic carbocycles. The van der Waals surface area contributed by atoms with Gasteiger partial charge in [-0.05, 0) is 92.2 Å². The number of anilines is 2. The minimum absolute atomic E-state index is 0. The number of phenolic OH excluding ortho intramolecular Hbond substituents is 2. The van der Waals surface area contributed by atoms with Crippen LogP contribution in [0, 0.1) is 27.7 Å². The largest absolute Gasteiger partial charge is 0.505 e. The molecule has 0 fully saturated rings. The zero-order valence-electron chi connectivity index (χ0n) is 18.4. The molecule has 0 aliphatic heterocycles. The van der Waals surface area contributed by atoms with E-state index < -0.39 is 0 Å². The summed E-state index contributed by atoms with van der Waals surface area (Å²) in [6.45, 7) is 7.70. The van der Waals surface area contributed by atoms with E-state index in [1.54, 1.807) is 6.07 Å². The second-order valence-electron chi connectivity index (χ2n) is 7.97. The number of hydrogen-bond acceptors (Lipinski definition) is 5. The molecule has 4 aromatic carbocycles. The first-order valence-electron chi connectivity index (χ1n) is 10.1. The summed E-state index contributed by atoms with van der Waals surface area (Å²) < 4.78 is 0. The summed E-state index contributed by atoms with van der Waals surface area (Å²) in [7, 11) is 0. The zero-order chi connectivity index (χ0) is 22.1. The van der Waals surface area contributed by atoms with Gasteiger partial charge in [-0.1, -0.05) is 23.8 Å². The molecule has 5 nitrogen and oxygen atoms in total. The van der Waals surface area contributed by atoms with Crippen LogP contribution in [0.1, 0.15) is 22.3 Å². The van der Waals surface area contributed by atoms with Crippen LogP contribution in [-0.4, -0.2) is 10.2 Å². The first-order valence-corrected chi connectivity index (χ1v) is 10.1. The quantitative estimate of drug-likeness (QED) is 0.210. The molecular formula is C26H25CuN3O2. The Bertz CT molecular complexity index is 1320. The van der Waals surface area contributed by atoms with Crippen LogP contribution in [0.2, 0.25) is 0 Å². The maximum absolute atomic E-state index is 10.9. The van der Waals surface area contributed by atoms with Gasteiger partial charge in [-0.3, -0.25) is 0 Å². The van der Waals surface area contributed by atoms with Gasteiger partial charge in [0.05, 0.1) is 0 Å². The predicted octanol–water partition coefficient (Wildman–Crippen LogP) is 7.64. The van der Waals surface area contributed by atoms with Crippen molar-refractivity contribution >= 4 is 33.5 Å². The third-order valence-corrected chi connectivity index (χ3v) is 5.30. The van der Waals surface area contributed by atoms with Crippen molar-refractivity contribution in [2.45, 2.75) is 27.7 Å². The molecule has 4 rings (SSSR count). The van der Waals surface area contributed by atoms with E-state index in [0.29, 0.717) is 16.8 Å². The van der Waals surface area contributed by atoms with Crippen LogP contribution in [0.4, 0.5) is 22.7 Å². The molecule has 0 aromatic heterocycles. The average Bonchev–Trinajstić information content (AvgIpc) is 2.72. The first kappa shape index (κ1) is 23.3. The normalized spacial score (nSPS) is 11.0. The fourth-order valence-corrected chi connectivity index (χ4v) is 3.64. The molecule has 0 amide bonds. The number of azo groups is 1. The number of rotatable bonds is 4. The number of nitrogens with zero attached hydrogens (tertiary/aromatic N) is 2. The fraction of sp³-hybridized carbons (Fsp3) is 0.154. The number of aromatic hydroxyl groups is 2. The second kappa shape index (κ2) is 9.43. The molecular weight excluding hydrogens is 450 g/mol. The Morgan fingerprint density at radius 2 is 1.34 bits per heavy atom. The van der Waals surface area contributed by atoms with Crippen LogP contribution in [0.5, 0.6) is 11.5 Å². The summed E-state index contributed by atoms with van der Waals surface area (Å²) in [6, 6.07) is 19.6. The van der Waals surface area contributed by atoms with Crippen LogP contribution < -0.4 is 5.32 Å². The van der Waals surface area contributed by atoms with E-state index in [1.165, 1.54) is 5.56 Å². The SMILES string of the molecule is Cc1ccc(Nc2ccc3c(O)c(N=Nc4cc(C)cc(C)c4O)c(C)cc3c2)cc1.[Cu]. The summed E-state index contributed by atoms with van der Waals surface area (Å²) in [5, 5.41) is 34.6. The van der Waals surface area contributed by atoms with Crippen LogP contribution in [0.3, 0.4) is 0 Å². The van der Waals surface area contributed by atoms with E-state index in [2.05, 4.69) is 34.6 Å². The molecule has 0 heterocycles. The molecule has 0 unspecified atom stereocenters. The van der Waals surface area contributed by atoms with Crippen molar-refractivity contribution < 1.29 is 27.3 Å². The van der Waals surface area contributed by atoms with Gasteiger partial charge in [-0.25, -0.2) is 0 Å². The van der Waals surface area contributed by atoms with Gasteiger partial charge in [0.2, 0.25) is 0 Å². The average molecular weight is 475 g/mol. The monoisotopic (exact) mass is 474 g/mol. The van der Waals surface area contributed by atoms with Crippen molar-refractivity contribution in [1.82, 2.24) is 0 Å². The molecule has 1 radical (unpaired) electrons. The molecule has 0 saturated carbocycles. The minimum atomic E-state index is 0. The van der Waals surface area contributed by atoms with E-state index in [0.717, 1.165) is 33.5 Å². The van der Waals surface area contributed by atoms with Crippen molar-refractivity contribution in [3.8, 4) is 11.5 Å². The van der Waals surface area contributed by atoms with Crippen molar-refractivity contribution in [1.29, 1.82) is 0 Å². The number of nitrogens with one attached hydrogen (secondary N) is 1. The molecule has 0 spiro atoms. The van der Waals surface area contributed by atoms with E-state index >= 15 is 0 Å². The molecule has 0 bridgehead atoms. The van der Waals surface area contributed by atoms with Crippen LogP contribution in [-0.2, 0) is 17.1 Å². The summed E-state index contributed by atoms with van der Waals surface area (Å²) in [4.78, 5) is 0. The molecule has 167 valence electrons. The molecule has 0 aliphatic rings. The Morgan fingerprint density at radius 3 is 2.06 bits per heavy atom. The summed E-state index contributed by atoms with van der Waals surface area (Å²) >= 11 is 0. The van der Waals surface area contributed by atoms with Crippen molar-refractivity contribution in [2.24, 2.45) is 10.2 Å². The van der Waals surface area contributed by atoms with Gasteiger partial charge in [0, 0.05) is 33.8 Å². The van der Waals surface area contributed by atoms with Crippen LogP contribution >= 0.6 is 0 Å². The standard InChI is InChI=1S/C26H25N3O2.Cu/c1-15-5-7-20(8-6-15)27-21-9-10-22-19(14-21)13-17(3)24(26(22)31)29-28-23-12-16(2)11-18(4)25(23)30;/h5-14,27,30-31H,1-4H3;. The maximum atomic E-state index is 10.9. The number of fused-ring (bicyclic) bond motifs is 1. The second-order valence-corrected chi connectivity index (χ2v) is 7.97. The van der Waals surface area contributed by atoms with Gasteiger partial charge in [-0.15, -0.1) is 10.2 Å². The minimum Gasteiger partial charge on any atom is -0.505 e. The Labute approximate surface area is 198 Å². The van der Waals surface area contributed by atoms with Gasteiger partial charge >= 0.3 is 0 Å². The van der Waals surface area contributed by atoms with E-state index in [4.69, 9.17) is 0 Å². The molecule has 0 atom stereocenters. The van der Waals surface area contributed by atoms with Gasteiger partial charge < -0.3 is 15.5 Å². The van der Waals surface area contributed by atoms with Gasteiger partial charge in [-0.2, -0.15) is 0 Å². The summed E-state index contributed by atoms with van der Waals surface area (Å²) in [6.07, 6.45) is 0. The Morgan fingerprint density at radius 1 is 0.656 bits per heavy atom. The smallest absolute Gasteiger partial charge is 0.151 e. The Kier molecular flexibility index (Phi) is 6.87. The number of aryl methyl sites for hydroxylation is 4. The molecule has 3 N–H and O–H groups in total. The third kappa shape index (κ3) is 4.77. The molecule has 0 saturated heterocycles. The van der Waals surface area contributed by atoms with E-state index in [1.807, 2.05) is 63.2 Å². The maximum Gasteiger partial charge on any atom is 0.151 e.